The summed E-state index contributed by atoms with van der Waals surface area (Å²) in [5.41, 5.74) is 6.84. The molecule has 0 N–H and O–H groups in total. The smallest absolute Gasteiger partial charge is 0.0625 e. The number of pyridine rings is 3. The monoisotopic (exact) mass is 387 g/mol. The molecule has 0 aromatic carbocycles. The molecule has 0 aliphatic carbocycles. The molecule has 0 unspecified atom stereocenters. The molecule has 0 amide bonds. The molecule has 0 spiro atoms. The van der Waals surface area contributed by atoms with E-state index in [1.807, 2.05) is 36.8 Å². The predicted octanol–water partition coefficient (Wildman–Crippen LogP) is 4.40. The lowest BCUT2D eigenvalue weighted by Gasteiger charge is -2.23. The fourth-order valence-corrected chi connectivity index (χ4v) is 3.09. The molecule has 0 saturated heterocycles. The summed E-state index contributed by atoms with van der Waals surface area (Å²) < 4.78 is 0. The zero-order valence-corrected chi connectivity index (χ0v) is 17.7. The van der Waals surface area contributed by atoms with Gasteiger partial charge in [0.1, 0.15) is 0 Å². The van der Waals surface area contributed by atoms with E-state index in [-0.39, 0.29) is 0 Å². The van der Waals surface area contributed by atoms with Gasteiger partial charge in [0.05, 0.1) is 36.7 Å². The molecule has 29 heavy (non-hydrogen) atoms. The highest BCUT2D eigenvalue weighted by molar-refractivity contribution is 5.21. The molecule has 0 aliphatic heterocycles. The number of aryl methyl sites for hydroxylation is 3. The molecule has 3 aromatic heterocycles. The van der Waals surface area contributed by atoms with Crippen molar-refractivity contribution in [2.24, 2.45) is 0 Å². The zero-order chi connectivity index (χ0) is 20.6. The van der Waals surface area contributed by atoms with E-state index in [1.54, 1.807) is 0 Å². The minimum atomic E-state index is 0.732. The summed E-state index contributed by atoms with van der Waals surface area (Å²) in [6, 6.07) is 12.2. The second-order valence-corrected chi connectivity index (χ2v) is 7.42. The Morgan fingerprint density at radius 2 is 1.07 bits per heavy atom. The van der Waals surface area contributed by atoms with Crippen molar-refractivity contribution in [3.63, 3.8) is 0 Å². The third-order valence-electron chi connectivity index (χ3n) is 4.99. The second-order valence-electron chi connectivity index (χ2n) is 7.42. The van der Waals surface area contributed by atoms with E-state index in [9.17, 15) is 0 Å². The minimum absolute atomic E-state index is 0.732. The SMILES string of the molecule is Cc1cccnc1CN(C)C=CN(Cc1ncccc1C)Cc1ncccc1C. The van der Waals surface area contributed by atoms with Crippen LogP contribution in [0.25, 0.3) is 0 Å². The second kappa shape index (κ2) is 9.82. The molecule has 3 rings (SSSR count). The first kappa shape index (κ1) is 20.5. The lowest BCUT2D eigenvalue weighted by molar-refractivity contribution is 0.337. The summed E-state index contributed by atoms with van der Waals surface area (Å²) >= 11 is 0. The number of aromatic nitrogens is 3. The summed E-state index contributed by atoms with van der Waals surface area (Å²) in [6.45, 7) is 8.53. The van der Waals surface area contributed by atoms with Gasteiger partial charge >= 0.3 is 0 Å². The van der Waals surface area contributed by atoms with Gasteiger partial charge in [0.25, 0.3) is 0 Å². The Morgan fingerprint density at radius 3 is 1.48 bits per heavy atom. The molecule has 0 aliphatic rings. The van der Waals surface area contributed by atoms with Gasteiger partial charge in [-0.3, -0.25) is 15.0 Å². The van der Waals surface area contributed by atoms with Crippen LogP contribution in [0.1, 0.15) is 33.8 Å². The van der Waals surface area contributed by atoms with Crippen molar-refractivity contribution in [2.45, 2.75) is 40.4 Å². The van der Waals surface area contributed by atoms with Crippen molar-refractivity contribution in [3.8, 4) is 0 Å². The quantitative estimate of drug-likeness (QED) is 0.573. The third-order valence-corrected chi connectivity index (χ3v) is 4.99. The Labute approximate surface area is 173 Å². The average molecular weight is 388 g/mol. The van der Waals surface area contributed by atoms with Crippen molar-refractivity contribution in [1.82, 2.24) is 24.8 Å². The van der Waals surface area contributed by atoms with Crippen molar-refractivity contribution in [1.29, 1.82) is 0 Å². The molecule has 5 nitrogen and oxygen atoms in total. The first-order chi connectivity index (χ1) is 14.0. The molecule has 150 valence electrons. The van der Waals surface area contributed by atoms with Gasteiger partial charge in [-0.25, -0.2) is 0 Å². The van der Waals surface area contributed by atoms with Gasteiger partial charge in [0.15, 0.2) is 0 Å². The van der Waals surface area contributed by atoms with Crippen molar-refractivity contribution in [2.75, 3.05) is 7.05 Å². The van der Waals surface area contributed by atoms with Gasteiger partial charge in [0, 0.05) is 38.0 Å². The number of nitrogens with zero attached hydrogens (tertiary/aromatic N) is 5. The highest BCUT2D eigenvalue weighted by Gasteiger charge is 2.09. The van der Waals surface area contributed by atoms with Crippen LogP contribution in [0.5, 0.6) is 0 Å². The third kappa shape index (κ3) is 5.88. The largest absolute Gasteiger partial charge is 0.373 e. The Hall–Kier alpha value is -3.21. The number of hydrogen-bond donors (Lipinski definition) is 0. The van der Waals surface area contributed by atoms with Crippen LogP contribution in [-0.2, 0) is 19.6 Å². The lowest BCUT2D eigenvalue weighted by atomic mass is 10.2. The van der Waals surface area contributed by atoms with E-state index in [0.717, 1.165) is 36.7 Å². The van der Waals surface area contributed by atoms with E-state index in [4.69, 9.17) is 0 Å². The van der Waals surface area contributed by atoms with E-state index >= 15 is 0 Å². The summed E-state index contributed by atoms with van der Waals surface area (Å²) in [7, 11) is 2.07. The van der Waals surface area contributed by atoms with Gasteiger partial charge < -0.3 is 9.80 Å². The normalized spacial score (nSPS) is 11.0. The van der Waals surface area contributed by atoms with Crippen LogP contribution in [0.2, 0.25) is 0 Å². The zero-order valence-electron chi connectivity index (χ0n) is 17.7. The van der Waals surface area contributed by atoms with Crippen LogP contribution in [0.15, 0.2) is 67.4 Å². The topological polar surface area (TPSA) is 45.2 Å². The van der Waals surface area contributed by atoms with Crippen molar-refractivity contribution < 1.29 is 0 Å². The molecule has 0 atom stereocenters. The van der Waals surface area contributed by atoms with Crippen molar-refractivity contribution in [3.05, 3.63) is 101 Å². The summed E-state index contributed by atoms with van der Waals surface area (Å²) in [4.78, 5) is 18.0. The van der Waals surface area contributed by atoms with E-state index in [2.05, 4.69) is 83.2 Å². The summed E-state index contributed by atoms with van der Waals surface area (Å²) in [5.74, 6) is 0. The predicted molar refractivity (Wildman–Crippen MR) is 117 cm³/mol. The van der Waals surface area contributed by atoms with Gasteiger partial charge in [-0.05, 0) is 55.7 Å². The van der Waals surface area contributed by atoms with Crippen LogP contribution in [0.3, 0.4) is 0 Å². The highest BCUT2D eigenvalue weighted by atomic mass is 15.2. The summed E-state index contributed by atoms with van der Waals surface area (Å²) in [6.07, 6.45) is 9.78. The minimum Gasteiger partial charge on any atom is -0.373 e. The Kier molecular flexibility index (Phi) is 6.95. The van der Waals surface area contributed by atoms with Crippen molar-refractivity contribution >= 4 is 0 Å². The van der Waals surface area contributed by atoms with Gasteiger partial charge in [-0.1, -0.05) is 18.2 Å². The van der Waals surface area contributed by atoms with Gasteiger partial charge in [0.2, 0.25) is 0 Å². The maximum Gasteiger partial charge on any atom is 0.0625 e. The Bertz CT molecular complexity index is 919. The molecule has 3 aromatic rings. The van der Waals surface area contributed by atoms with Gasteiger partial charge in [-0.15, -0.1) is 0 Å². The van der Waals surface area contributed by atoms with Gasteiger partial charge in [-0.2, -0.15) is 0 Å². The molecule has 0 saturated carbocycles. The van der Waals surface area contributed by atoms with Crippen LogP contribution >= 0.6 is 0 Å². The molecule has 0 radical (unpaired) electrons. The van der Waals surface area contributed by atoms with E-state index in [0.29, 0.717) is 0 Å². The Morgan fingerprint density at radius 1 is 0.655 bits per heavy atom. The van der Waals surface area contributed by atoms with E-state index < -0.39 is 0 Å². The maximum absolute atomic E-state index is 4.57. The number of hydrogen-bond acceptors (Lipinski definition) is 5. The molecular formula is C24H29N5. The fraction of sp³-hybridized carbons (Fsp3) is 0.292. The fourth-order valence-electron chi connectivity index (χ4n) is 3.09. The Balaban J connectivity index is 1.76. The maximum atomic E-state index is 4.57. The van der Waals surface area contributed by atoms with E-state index in [1.165, 1.54) is 16.7 Å². The molecule has 0 fully saturated rings. The number of rotatable bonds is 8. The standard InChI is InChI=1S/C24H29N5/c1-19-8-5-11-25-22(19)16-28(4)14-15-29(17-23-20(2)9-6-12-26-23)18-24-21(3)10-7-13-27-24/h5-15H,16-18H2,1-4H3. The first-order valence-electron chi connectivity index (χ1n) is 9.87. The van der Waals surface area contributed by atoms with Crippen LogP contribution in [0.4, 0.5) is 0 Å². The first-order valence-corrected chi connectivity index (χ1v) is 9.87. The van der Waals surface area contributed by atoms with Crippen LogP contribution < -0.4 is 0 Å². The van der Waals surface area contributed by atoms with Crippen LogP contribution in [-0.4, -0.2) is 31.8 Å². The molecule has 3 heterocycles. The highest BCUT2D eigenvalue weighted by Crippen LogP contribution is 2.14. The average Bonchev–Trinajstić information content (AvgIpc) is 2.71. The molecular weight excluding hydrogens is 358 g/mol. The summed E-state index contributed by atoms with van der Waals surface area (Å²) in [5, 5.41) is 0. The van der Waals surface area contributed by atoms with Crippen LogP contribution in [0, 0.1) is 20.8 Å². The molecule has 0 bridgehead atoms. The lowest BCUT2D eigenvalue weighted by Crippen LogP contribution is -2.21. The molecule has 5 heteroatoms.